The molecule has 1 aromatic carbocycles. The first-order chi connectivity index (χ1) is 12.6. The van der Waals surface area contributed by atoms with Crippen LogP contribution in [0.3, 0.4) is 0 Å². The highest BCUT2D eigenvalue weighted by molar-refractivity contribution is 7.99. The summed E-state index contributed by atoms with van der Waals surface area (Å²) in [6, 6.07) is 4.47. The quantitative estimate of drug-likeness (QED) is 0.520. The predicted molar refractivity (Wildman–Crippen MR) is 97.8 cm³/mol. The molecule has 1 N–H and O–H groups in total. The van der Waals surface area contributed by atoms with Crippen molar-refractivity contribution in [3.8, 4) is 5.75 Å². The van der Waals surface area contributed by atoms with E-state index in [0.717, 1.165) is 12.8 Å². The Labute approximate surface area is 159 Å². The van der Waals surface area contributed by atoms with Crippen molar-refractivity contribution in [2.24, 2.45) is 0 Å². The third-order valence-corrected chi connectivity index (χ3v) is 4.90. The second-order valence-electron chi connectivity index (χ2n) is 5.79. The largest absolute Gasteiger partial charge is 0.486 e. The van der Waals surface area contributed by atoms with Crippen LogP contribution in [-0.2, 0) is 17.9 Å². The number of nitrogens with zero attached hydrogens (tertiary/aromatic N) is 3. The smallest absolute Gasteiger partial charge is 0.230 e. The Morgan fingerprint density at radius 1 is 1.50 bits per heavy atom. The summed E-state index contributed by atoms with van der Waals surface area (Å²) in [7, 11) is 0. The van der Waals surface area contributed by atoms with E-state index in [-0.39, 0.29) is 23.3 Å². The molecule has 1 amide bonds. The maximum Gasteiger partial charge on any atom is 0.230 e. The maximum absolute atomic E-state index is 13.2. The van der Waals surface area contributed by atoms with Gasteiger partial charge in [-0.25, -0.2) is 4.39 Å². The Bertz CT molecular complexity index is 810. The van der Waals surface area contributed by atoms with E-state index >= 15 is 0 Å². The Hall–Kier alpha value is -2.06. The molecule has 6 nitrogen and oxygen atoms in total. The molecule has 0 aliphatic heterocycles. The first-order valence-electron chi connectivity index (χ1n) is 8.10. The van der Waals surface area contributed by atoms with Crippen LogP contribution in [0.25, 0.3) is 0 Å². The van der Waals surface area contributed by atoms with Crippen molar-refractivity contribution in [2.75, 3.05) is 5.75 Å². The topological polar surface area (TPSA) is 69.0 Å². The molecule has 1 heterocycles. The summed E-state index contributed by atoms with van der Waals surface area (Å²) in [5.74, 6) is 0.777. The molecule has 0 spiro atoms. The lowest BCUT2D eigenvalue weighted by Crippen LogP contribution is -2.27. The van der Waals surface area contributed by atoms with Crippen molar-refractivity contribution in [2.45, 2.75) is 37.2 Å². The molecule has 1 aromatic heterocycles. The minimum atomic E-state index is -0.503. The van der Waals surface area contributed by atoms with Gasteiger partial charge in [0.05, 0.1) is 10.8 Å². The molecular weight excluding hydrogens is 379 g/mol. The van der Waals surface area contributed by atoms with E-state index in [0.29, 0.717) is 29.3 Å². The number of allylic oxidation sites excluding steroid dienone is 1. The fraction of sp³-hybridized carbons (Fsp3) is 0.353. The van der Waals surface area contributed by atoms with Crippen molar-refractivity contribution >= 4 is 29.3 Å². The van der Waals surface area contributed by atoms with Crippen LogP contribution in [0.15, 0.2) is 36.0 Å². The van der Waals surface area contributed by atoms with E-state index in [9.17, 15) is 9.18 Å². The predicted octanol–water partition coefficient (Wildman–Crippen LogP) is 3.21. The summed E-state index contributed by atoms with van der Waals surface area (Å²) in [6.45, 7) is 4.36. The number of thioether (sulfide) groups is 1. The number of nitrogens with one attached hydrogen (secondary N) is 1. The van der Waals surface area contributed by atoms with E-state index in [1.54, 1.807) is 6.08 Å². The number of hydrogen-bond acceptors (Lipinski definition) is 5. The van der Waals surface area contributed by atoms with Crippen LogP contribution in [0.4, 0.5) is 4.39 Å². The molecule has 0 radical (unpaired) electrons. The van der Waals surface area contributed by atoms with Crippen molar-refractivity contribution in [3.63, 3.8) is 0 Å². The Kier molecular flexibility index (Phi) is 6.16. The van der Waals surface area contributed by atoms with Crippen LogP contribution in [0.1, 0.15) is 18.7 Å². The molecule has 9 heteroatoms. The first kappa shape index (κ1) is 18.7. The monoisotopic (exact) mass is 396 g/mol. The standard InChI is InChI=1S/C17H18ClFN4O2S/c1-2-7-23-15(9-25-12-5-6-14(19)13(18)8-12)21-22-17(23)26-10-16(24)20-11-3-4-11/h2,5-6,8,11H,1,3-4,7,9-10H2,(H,20,24). The van der Waals surface area contributed by atoms with E-state index < -0.39 is 5.82 Å². The van der Waals surface area contributed by atoms with Crippen LogP contribution in [-0.4, -0.2) is 32.5 Å². The number of halogens is 2. The number of ether oxygens (including phenoxy) is 1. The van der Waals surface area contributed by atoms with Gasteiger partial charge in [-0.05, 0) is 25.0 Å². The molecule has 0 saturated heterocycles. The molecule has 0 bridgehead atoms. The second kappa shape index (κ2) is 8.55. The first-order valence-corrected chi connectivity index (χ1v) is 9.46. The fourth-order valence-corrected chi connectivity index (χ4v) is 3.13. The molecule has 138 valence electrons. The summed E-state index contributed by atoms with van der Waals surface area (Å²) in [5, 5.41) is 11.8. The number of carbonyl (C=O) groups excluding carboxylic acids is 1. The van der Waals surface area contributed by atoms with Gasteiger partial charge in [-0.3, -0.25) is 9.36 Å². The molecule has 3 rings (SSSR count). The Morgan fingerprint density at radius 2 is 2.31 bits per heavy atom. The number of hydrogen-bond donors (Lipinski definition) is 1. The Balaban J connectivity index is 1.62. The van der Waals surface area contributed by atoms with Gasteiger partial charge in [-0.15, -0.1) is 16.8 Å². The minimum absolute atomic E-state index is 0.00650. The number of benzene rings is 1. The molecule has 1 saturated carbocycles. The zero-order chi connectivity index (χ0) is 18.5. The summed E-state index contributed by atoms with van der Waals surface area (Å²) < 4.78 is 20.6. The SMILES string of the molecule is C=CCn1c(COc2ccc(F)c(Cl)c2)nnc1SCC(=O)NC1CC1. The normalized spacial score (nSPS) is 13.5. The van der Waals surface area contributed by atoms with Crippen molar-refractivity contribution in [1.29, 1.82) is 0 Å². The van der Waals surface area contributed by atoms with Gasteiger partial charge in [0.2, 0.25) is 5.91 Å². The van der Waals surface area contributed by atoms with Crippen LogP contribution in [0.2, 0.25) is 5.02 Å². The molecule has 2 aromatic rings. The average Bonchev–Trinajstić information content (AvgIpc) is 3.35. The summed E-state index contributed by atoms with van der Waals surface area (Å²) in [6.07, 6.45) is 3.83. The highest BCUT2D eigenvalue weighted by Gasteiger charge is 2.23. The zero-order valence-electron chi connectivity index (χ0n) is 14.0. The van der Waals surface area contributed by atoms with E-state index in [1.165, 1.54) is 30.0 Å². The van der Waals surface area contributed by atoms with Crippen LogP contribution < -0.4 is 10.1 Å². The Morgan fingerprint density at radius 3 is 3.00 bits per heavy atom. The lowest BCUT2D eigenvalue weighted by Gasteiger charge is -2.09. The molecule has 26 heavy (non-hydrogen) atoms. The highest BCUT2D eigenvalue weighted by atomic mass is 35.5. The maximum atomic E-state index is 13.2. The van der Waals surface area contributed by atoms with Gasteiger partial charge in [-0.1, -0.05) is 29.4 Å². The van der Waals surface area contributed by atoms with Gasteiger partial charge >= 0.3 is 0 Å². The third-order valence-electron chi connectivity index (χ3n) is 3.64. The van der Waals surface area contributed by atoms with Gasteiger partial charge in [0.15, 0.2) is 11.0 Å². The van der Waals surface area contributed by atoms with Gasteiger partial charge in [0, 0.05) is 18.7 Å². The van der Waals surface area contributed by atoms with Crippen LogP contribution in [0, 0.1) is 5.82 Å². The lowest BCUT2D eigenvalue weighted by molar-refractivity contribution is -0.118. The summed E-state index contributed by atoms with van der Waals surface area (Å²) in [4.78, 5) is 11.8. The number of rotatable bonds is 9. The van der Waals surface area contributed by atoms with Crippen LogP contribution >= 0.6 is 23.4 Å². The second-order valence-corrected chi connectivity index (χ2v) is 7.14. The minimum Gasteiger partial charge on any atom is -0.486 e. The molecule has 1 fully saturated rings. The molecule has 1 aliphatic rings. The van der Waals surface area contributed by atoms with Crippen molar-refractivity contribution < 1.29 is 13.9 Å². The van der Waals surface area contributed by atoms with Gasteiger partial charge in [0.25, 0.3) is 0 Å². The highest BCUT2D eigenvalue weighted by Crippen LogP contribution is 2.23. The van der Waals surface area contributed by atoms with Gasteiger partial charge in [0.1, 0.15) is 18.2 Å². The van der Waals surface area contributed by atoms with E-state index in [2.05, 4.69) is 22.1 Å². The fourth-order valence-electron chi connectivity index (χ4n) is 2.19. The van der Waals surface area contributed by atoms with E-state index in [1.807, 2.05) is 4.57 Å². The van der Waals surface area contributed by atoms with Gasteiger partial charge < -0.3 is 10.1 Å². The molecular formula is C17H18ClFN4O2S. The third kappa shape index (κ3) is 4.98. The molecule has 0 atom stereocenters. The molecule has 0 unspecified atom stereocenters. The molecule has 1 aliphatic carbocycles. The van der Waals surface area contributed by atoms with E-state index in [4.69, 9.17) is 16.3 Å². The van der Waals surface area contributed by atoms with Crippen LogP contribution in [0.5, 0.6) is 5.75 Å². The lowest BCUT2D eigenvalue weighted by atomic mass is 10.3. The van der Waals surface area contributed by atoms with Crippen molar-refractivity contribution in [3.05, 3.63) is 47.5 Å². The van der Waals surface area contributed by atoms with Crippen molar-refractivity contribution in [1.82, 2.24) is 20.1 Å². The summed E-state index contributed by atoms with van der Waals surface area (Å²) in [5.41, 5.74) is 0. The van der Waals surface area contributed by atoms with Gasteiger partial charge in [-0.2, -0.15) is 0 Å². The number of aromatic nitrogens is 3. The zero-order valence-corrected chi connectivity index (χ0v) is 15.5. The summed E-state index contributed by atoms with van der Waals surface area (Å²) >= 11 is 7.06. The average molecular weight is 397 g/mol. The number of carbonyl (C=O) groups is 1. The number of amides is 1.